The topological polar surface area (TPSA) is 64.0 Å². The summed E-state index contributed by atoms with van der Waals surface area (Å²) in [5.41, 5.74) is 1.75. The second kappa shape index (κ2) is 4.65. The summed E-state index contributed by atoms with van der Waals surface area (Å²) in [5, 5.41) is 4.13. The molecule has 19 heavy (non-hydrogen) atoms. The molecule has 1 N–H and O–H groups in total. The van der Waals surface area contributed by atoms with E-state index >= 15 is 0 Å². The van der Waals surface area contributed by atoms with Crippen molar-refractivity contribution in [1.29, 1.82) is 0 Å². The summed E-state index contributed by atoms with van der Waals surface area (Å²) >= 11 is 0. The molecule has 1 aromatic carbocycles. The lowest BCUT2D eigenvalue weighted by atomic mass is 10.3. The third-order valence-corrected chi connectivity index (χ3v) is 4.24. The van der Waals surface area contributed by atoms with Crippen molar-refractivity contribution in [2.45, 2.75) is 18.7 Å². The van der Waals surface area contributed by atoms with Crippen LogP contribution in [0.1, 0.15) is 11.4 Å². The number of anilines is 1. The largest absolute Gasteiger partial charge is 0.276 e. The quantitative estimate of drug-likeness (QED) is 0.936. The van der Waals surface area contributed by atoms with Gasteiger partial charge < -0.3 is 0 Å². The molecule has 102 valence electrons. The van der Waals surface area contributed by atoms with Gasteiger partial charge in [-0.05, 0) is 38.1 Å². The summed E-state index contributed by atoms with van der Waals surface area (Å²) in [6.07, 6.45) is 0. The molecule has 0 radical (unpaired) electrons. The number of halogens is 1. The predicted octanol–water partition coefficient (Wildman–Crippen LogP) is 1.98. The summed E-state index contributed by atoms with van der Waals surface area (Å²) < 4.78 is 41.2. The van der Waals surface area contributed by atoms with Crippen molar-refractivity contribution in [3.63, 3.8) is 0 Å². The highest BCUT2D eigenvalue weighted by molar-refractivity contribution is 7.92. The third kappa shape index (κ3) is 2.60. The van der Waals surface area contributed by atoms with E-state index in [-0.39, 0.29) is 4.90 Å². The van der Waals surface area contributed by atoms with Crippen LogP contribution in [0.25, 0.3) is 0 Å². The molecule has 0 fully saturated rings. The zero-order valence-electron chi connectivity index (χ0n) is 10.8. The van der Waals surface area contributed by atoms with Gasteiger partial charge in [0.15, 0.2) is 0 Å². The normalized spacial score (nSPS) is 11.6. The second-order valence-corrected chi connectivity index (χ2v) is 5.91. The minimum atomic E-state index is -3.73. The van der Waals surface area contributed by atoms with E-state index < -0.39 is 15.8 Å². The van der Waals surface area contributed by atoms with E-state index in [1.54, 1.807) is 25.6 Å². The van der Waals surface area contributed by atoms with Crippen molar-refractivity contribution < 1.29 is 12.8 Å². The Hall–Kier alpha value is -1.89. The van der Waals surface area contributed by atoms with Gasteiger partial charge in [0.2, 0.25) is 0 Å². The van der Waals surface area contributed by atoms with E-state index in [0.29, 0.717) is 17.1 Å². The number of nitrogens with one attached hydrogen (secondary N) is 1. The Morgan fingerprint density at radius 3 is 2.26 bits per heavy atom. The van der Waals surface area contributed by atoms with Gasteiger partial charge in [-0.2, -0.15) is 5.10 Å². The van der Waals surface area contributed by atoms with Gasteiger partial charge in [0.25, 0.3) is 10.0 Å². The Morgan fingerprint density at radius 1 is 1.21 bits per heavy atom. The molecule has 7 heteroatoms. The zero-order valence-corrected chi connectivity index (χ0v) is 11.6. The maximum atomic E-state index is 12.8. The van der Waals surface area contributed by atoms with Crippen LogP contribution in [0, 0.1) is 19.7 Å². The number of aryl methyl sites for hydroxylation is 2. The summed E-state index contributed by atoms with van der Waals surface area (Å²) in [4.78, 5) is 0.0107. The number of hydrogen-bond acceptors (Lipinski definition) is 3. The number of sulfonamides is 1. The summed E-state index contributed by atoms with van der Waals surface area (Å²) in [6, 6.07) is 4.66. The molecule has 0 atom stereocenters. The van der Waals surface area contributed by atoms with E-state index in [4.69, 9.17) is 0 Å². The maximum Gasteiger partial charge on any atom is 0.262 e. The molecule has 2 aromatic rings. The van der Waals surface area contributed by atoms with E-state index in [1.807, 2.05) is 0 Å². The molecule has 2 rings (SSSR count). The van der Waals surface area contributed by atoms with E-state index in [2.05, 4.69) is 9.82 Å². The molecule has 0 unspecified atom stereocenters. The van der Waals surface area contributed by atoms with Crippen LogP contribution < -0.4 is 4.72 Å². The van der Waals surface area contributed by atoms with Gasteiger partial charge in [-0.3, -0.25) is 9.40 Å². The standard InChI is InChI=1S/C12H14FN3O2S/c1-8-12(9(2)16(3)14-8)15-19(17,18)11-6-4-10(13)5-7-11/h4-7,15H,1-3H3. The number of aromatic nitrogens is 2. The van der Waals surface area contributed by atoms with Crippen LogP contribution in [-0.4, -0.2) is 18.2 Å². The average molecular weight is 283 g/mol. The van der Waals surface area contributed by atoms with Crippen LogP contribution in [0.2, 0.25) is 0 Å². The van der Waals surface area contributed by atoms with Crippen LogP contribution in [0.15, 0.2) is 29.2 Å². The van der Waals surface area contributed by atoms with Crippen molar-refractivity contribution in [3.8, 4) is 0 Å². The molecule has 0 amide bonds. The molecule has 0 bridgehead atoms. The monoisotopic (exact) mass is 283 g/mol. The molecule has 0 spiro atoms. The molecule has 0 saturated carbocycles. The number of benzene rings is 1. The molecule has 0 aliphatic carbocycles. The highest BCUT2D eigenvalue weighted by atomic mass is 32.2. The smallest absolute Gasteiger partial charge is 0.262 e. The van der Waals surface area contributed by atoms with Crippen LogP contribution >= 0.6 is 0 Å². The number of hydrogen-bond donors (Lipinski definition) is 1. The van der Waals surface area contributed by atoms with Crippen molar-refractivity contribution >= 4 is 15.7 Å². The third-order valence-electron chi connectivity index (χ3n) is 2.87. The highest BCUT2D eigenvalue weighted by Crippen LogP contribution is 2.22. The minimum Gasteiger partial charge on any atom is -0.276 e. The molecular formula is C12H14FN3O2S. The van der Waals surface area contributed by atoms with E-state index in [0.717, 1.165) is 12.1 Å². The van der Waals surface area contributed by atoms with E-state index in [9.17, 15) is 12.8 Å². The fraction of sp³-hybridized carbons (Fsp3) is 0.250. The first-order valence-electron chi connectivity index (χ1n) is 5.60. The van der Waals surface area contributed by atoms with Crippen LogP contribution in [0.5, 0.6) is 0 Å². The zero-order chi connectivity index (χ0) is 14.2. The molecule has 0 aliphatic heterocycles. The van der Waals surface area contributed by atoms with Crippen molar-refractivity contribution in [3.05, 3.63) is 41.5 Å². The van der Waals surface area contributed by atoms with Gasteiger partial charge in [0, 0.05) is 7.05 Å². The summed E-state index contributed by atoms with van der Waals surface area (Å²) in [6.45, 7) is 3.48. The first-order chi connectivity index (χ1) is 8.81. The summed E-state index contributed by atoms with van der Waals surface area (Å²) in [5.74, 6) is -0.479. The van der Waals surface area contributed by atoms with Crippen LogP contribution in [-0.2, 0) is 17.1 Å². The van der Waals surface area contributed by atoms with Gasteiger partial charge >= 0.3 is 0 Å². The lowest BCUT2D eigenvalue weighted by Crippen LogP contribution is -2.14. The first kappa shape index (κ1) is 13.5. The van der Waals surface area contributed by atoms with Gasteiger partial charge in [-0.25, -0.2) is 12.8 Å². The SMILES string of the molecule is Cc1nn(C)c(C)c1NS(=O)(=O)c1ccc(F)cc1. The van der Waals surface area contributed by atoms with Crippen molar-refractivity contribution in [2.75, 3.05) is 4.72 Å². The second-order valence-electron chi connectivity index (χ2n) is 4.23. The lowest BCUT2D eigenvalue weighted by Gasteiger charge is -2.08. The summed E-state index contributed by atoms with van der Waals surface area (Å²) in [7, 11) is -2.00. The Bertz CT molecular complexity index is 705. The predicted molar refractivity (Wildman–Crippen MR) is 69.9 cm³/mol. The van der Waals surface area contributed by atoms with Crippen molar-refractivity contribution in [1.82, 2.24) is 9.78 Å². The molecule has 0 aliphatic rings. The van der Waals surface area contributed by atoms with Gasteiger partial charge in [0.05, 0.1) is 22.0 Å². The minimum absolute atomic E-state index is 0.0107. The van der Waals surface area contributed by atoms with Crippen LogP contribution in [0.4, 0.5) is 10.1 Å². The van der Waals surface area contributed by atoms with Gasteiger partial charge in [0.1, 0.15) is 5.82 Å². The Morgan fingerprint density at radius 2 is 1.79 bits per heavy atom. The molecule has 0 saturated heterocycles. The maximum absolute atomic E-state index is 12.8. The van der Waals surface area contributed by atoms with E-state index in [1.165, 1.54) is 12.1 Å². The fourth-order valence-corrected chi connectivity index (χ4v) is 2.90. The van der Waals surface area contributed by atoms with Gasteiger partial charge in [-0.15, -0.1) is 0 Å². The molecular weight excluding hydrogens is 269 g/mol. The lowest BCUT2D eigenvalue weighted by molar-refractivity contribution is 0.599. The molecule has 5 nitrogen and oxygen atoms in total. The Labute approximate surface area is 111 Å². The first-order valence-corrected chi connectivity index (χ1v) is 7.08. The fourth-order valence-electron chi connectivity index (χ4n) is 1.73. The Kier molecular flexibility index (Phi) is 3.32. The highest BCUT2D eigenvalue weighted by Gasteiger charge is 2.19. The average Bonchev–Trinajstić information content (AvgIpc) is 2.56. The Balaban J connectivity index is 2.39. The number of rotatable bonds is 3. The molecule has 1 aromatic heterocycles. The molecule has 1 heterocycles. The number of nitrogens with zero attached hydrogens (tertiary/aromatic N) is 2. The van der Waals surface area contributed by atoms with Crippen LogP contribution in [0.3, 0.4) is 0 Å². The van der Waals surface area contributed by atoms with Crippen molar-refractivity contribution in [2.24, 2.45) is 7.05 Å². The van der Waals surface area contributed by atoms with Gasteiger partial charge in [-0.1, -0.05) is 0 Å².